The fourth-order valence-electron chi connectivity index (χ4n) is 1.79. The number of hydrogen-bond acceptors (Lipinski definition) is 4. The van der Waals surface area contributed by atoms with E-state index in [1.807, 2.05) is 0 Å². The van der Waals surface area contributed by atoms with Crippen molar-refractivity contribution in [2.45, 2.75) is 13.0 Å². The predicted octanol–water partition coefficient (Wildman–Crippen LogP) is 2.86. The van der Waals surface area contributed by atoms with Gasteiger partial charge < -0.3 is 14.8 Å². The molecule has 0 aliphatic carbocycles. The van der Waals surface area contributed by atoms with Gasteiger partial charge in [-0.15, -0.1) is 0 Å². The van der Waals surface area contributed by atoms with E-state index in [1.165, 1.54) is 0 Å². The lowest BCUT2D eigenvalue weighted by molar-refractivity contribution is -0.119. The van der Waals surface area contributed by atoms with E-state index in [9.17, 15) is 4.79 Å². The second kappa shape index (κ2) is 6.62. The van der Waals surface area contributed by atoms with Crippen molar-refractivity contribution in [2.24, 2.45) is 0 Å². The summed E-state index contributed by atoms with van der Waals surface area (Å²) in [5, 5.41) is 6.93. The van der Waals surface area contributed by atoms with Gasteiger partial charge in [0.25, 0.3) is 0 Å². The van der Waals surface area contributed by atoms with Crippen molar-refractivity contribution in [3.8, 4) is 11.5 Å². The molecule has 0 bridgehead atoms. The van der Waals surface area contributed by atoms with Gasteiger partial charge in [0.05, 0.1) is 30.6 Å². The van der Waals surface area contributed by atoms with Crippen molar-refractivity contribution in [1.29, 1.82) is 0 Å². The van der Waals surface area contributed by atoms with Gasteiger partial charge in [-0.3, -0.25) is 9.48 Å². The Balaban J connectivity index is 2.15. The standard InChI is InChI=1S/C14H16BrN3O3/c1-9(18-8-10(15)7-16-18)14(19)17-12-5-4-11(20-2)6-13(12)21-3/h4-9H,1-3H3,(H,17,19). The molecule has 7 heteroatoms. The molecule has 1 aromatic carbocycles. The lowest BCUT2D eigenvalue weighted by Crippen LogP contribution is -2.24. The van der Waals surface area contributed by atoms with Gasteiger partial charge in [0.2, 0.25) is 5.91 Å². The maximum atomic E-state index is 12.3. The largest absolute Gasteiger partial charge is 0.497 e. The molecule has 1 amide bonds. The molecular formula is C14H16BrN3O3. The average Bonchev–Trinajstić information content (AvgIpc) is 2.93. The number of methoxy groups -OCH3 is 2. The van der Waals surface area contributed by atoms with Crippen LogP contribution in [0.5, 0.6) is 11.5 Å². The molecule has 6 nitrogen and oxygen atoms in total. The first-order chi connectivity index (χ1) is 10.0. The zero-order chi connectivity index (χ0) is 15.4. The summed E-state index contributed by atoms with van der Waals surface area (Å²) < 4.78 is 12.8. The number of carbonyl (C=O) groups is 1. The smallest absolute Gasteiger partial charge is 0.249 e. The summed E-state index contributed by atoms with van der Waals surface area (Å²) in [6.45, 7) is 1.77. The second-order valence-corrected chi connectivity index (χ2v) is 5.29. The molecule has 1 aromatic heterocycles. The number of halogens is 1. The number of nitrogens with one attached hydrogen (secondary N) is 1. The van der Waals surface area contributed by atoms with E-state index < -0.39 is 6.04 Å². The molecule has 0 saturated heterocycles. The van der Waals surface area contributed by atoms with Gasteiger partial charge in [-0.05, 0) is 35.0 Å². The second-order valence-electron chi connectivity index (χ2n) is 4.37. The van der Waals surface area contributed by atoms with Crippen LogP contribution in [-0.4, -0.2) is 29.9 Å². The highest BCUT2D eigenvalue weighted by molar-refractivity contribution is 9.10. The van der Waals surface area contributed by atoms with Crippen molar-refractivity contribution in [3.63, 3.8) is 0 Å². The minimum Gasteiger partial charge on any atom is -0.497 e. The van der Waals surface area contributed by atoms with Crippen LogP contribution in [-0.2, 0) is 4.79 Å². The topological polar surface area (TPSA) is 65.4 Å². The van der Waals surface area contributed by atoms with Crippen LogP contribution in [0.4, 0.5) is 5.69 Å². The van der Waals surface area contributed by atoms with Crippen molar-refractivity contribution in [1.82, 2.24) is 9.78 Å². The van der Waals surface area contributed by atoms with Crippen LogP contribution in [0.2, 0.25) is 0 Å². The van der Waals surface area contributed by atoms with Gasteiger partial charge in [0, 0.05) is 12.3 Å². The molecule has 0 saturated carbocycles. The number of nitrogens with zero attached hydrogens (tertiary/aromatic N) is 2. The first kappa shape index (κ1) is 15.4. The molecule has 1 atom stereocenters. The van der Waals surface area contributed by atoms with Gasteiger partial charge in [0.15, 0.2) is 0 Å². The van der Waals surface area contributed by atoms with Gasteiger partial charge in [-0.25, -0.2) is 0 Å². The molecule has 1 unspecified atom stereocenters. The number of benzene rings is 1. The molecular weight excluding hydrogens is 338 g/mol. The molecule has 2 rings (SSSR count). The fraction of sp³-hybridized carbons (Fsp3) is 0.286. The molecule has 0 spiro atoms. The normalized spacial score (nSPS) is 11.8. The van der Waals surface area contributed by atoms with Gasteiger partial charge in [-0.1, -0.05) is 0 Å². The van der Waals surface area contributed by atoms with Crippen LogP contribution in [0.15, 0.2) is 35.1 Å². The molecule has 1 heterocycles. The molecule has 112 valence electrons. The summed E-state index contributed by atoms with van der Waals surface area (Å²) in [4.78, 5) is 12.3. The van der Waals surface area contributed by atoms with Crippen molar-refractivity contribution < 1.29 is 14.3 Å². The monoisotopic (exact) mass is 353 g/mol. The van der Waals surface area contributed by atoms with Crippen LogP contribution in [0, 0.1) is 0 Å². The number of ether oxygens (including phenoxy) is 2. The fourth-order valence-corrected chi connectivity index (χ4v) is 2.09. The Morgan fingerprint density at radius 3 is 2.71 bits per heavy atom. The third-order valence-electron chi connectivity index (χ3n) is 3.01. The summed E-state index contributed by atoms with van der Waals surface area (Å²) in [7, 11) is 3.11. The maximum absolute atomic E-state index is 12.3. The lowest BCUT2D eigenvalue weighted by atomic mass is 10.2. The van der Waals surface area contributed by atoms with Gasteiger partial charge in [0.1, 0.15) is 17.5 Å². The third kappa shape index (κ3) is 3.55. The van der Waals surface area contributed by atoms with E-state index >= 15 is 0 Å². The Kier molecular flexibility index (Phi) is 4.85. The molecule has 0 aliphatic rings. The van der Waals surface area contributed by atoms with E-state index in [1.54, 1.807) is 56.4 Å². The molecule has 1 N–H and O–H groups in total. The van der Waals surface area contributed by atoms with Crippen molar-refractivity contribution in [2.75, 3.05) is 19.5 Å². The number of rotatable bonds is 5. The van der Waals surface area contributed by atoms with E-state index in [-0.39, 0.29) is 5.91 Å². The number of aromatic nitrogens is 2. The number of amides is 1. The summed E-state index contributed by atoms with van der Waals surface area (Å²) in [6, 6.07) is 4.77. The van der Waals surface area contributed by atoms with Crippen LogP contribution in [0.3, 0.4) is 0 Å². The average molecular weight is 354 g/mol. The Bertz CT molecular complexity index is 642. The first-order valence-electron chi connectivity index (χ1n) is 6.27. The highest BCUT2D eigenvalue weighted by Crippen LogP contribution is 2.29. The summed E-state index contributed by atoms with van der Waals surface area (Å²) >= 11 is 3.31. The zero-order valence-corrected chi connectivity index (χ0v) is 13.5. The minimum absolute atomic E-state index is 0.186. The highest BCUT2D eigenvalue weighted by atomic mass is 79.9. The molecule has 0 aliphatic heterocycles. The summed E-state index contributed by atoms with van der Waals surface area (Å²) in [5.41, 5.74) is 0.585. The summed E-state index contributed by atoms with van der Waals surface area (Å²) in [6.07, 6.45) is 3.38. The number of hydrogen-bond donors (Lipinski definition) is 1. The van der Waals surface area contributed by atoms with E-state index in [2.05, 4.69) is 26.3 Å². The Labute approximate surface area is 131 Å². The SMILES string of the molecule is COc1ccc(NC(=O)C(C)n2cc(Br)cn2)c(OC)c1. The quantitative estimate of drug-likeness (QED) is 0.897. The summed E-state index contributed by atoms with van der Waals surface area (Å²) in [5.74, 6) is 1.01. The van der Waals surface area contributed by atoms with Crippen LogP contribution in [0.25, 0.3) is 0 Å². The Morgan fingerprint density at radius 1 is 1.38 bits per heavy atom. The van der Waals surface area contributed by atoms with E-state index in [0.29, 0.717) is 17.2 Å². The van der Waals surface area contributed by atoms with Crippen LogP contribution in [0.1, 0.15) is 13.0 Å². The van der Waals surface area contributed by atoms with Crippen LogP contribution < -0.4 is 14.8 Å². The van der Waals surface area contributed by atoms with Gasteiger partial charge in [-0.2, -0.15) is 5.10 Å². The van der Waals surface area contributed by atoms with Crippen molar-refractivity contribution in [3.05, 3.63) is 35.1 Å². The lowest BCUT2D eigenvalue weighted by Gasteiger charge is -2.15. The zero-order valence-electron chi connectivity index (χ0n) is 12.0. The highest BCUT2D eigenvalue weighted by Gasteiger charge is 2.17. The third-order valence-corrected chi connectivity index (χ3v) is 3.42. The minimum atomic E-state index is -0.442. The van der Waals surface area contributed by atoms with E-state index in [4.69, 9.17) is 9.47 Å². The predicted molar refractivity (Wildman–Crippen MR) is 82.8 cm³/mol. The first-order valence-corrected chi connectivity index (χ1v) is 7.07. The molecule has 0 fully saturated rings. The Morgan fingerprint density at radius 2 is 2.14 bits per heavy atom. The maximum Gasteiger partial charge on any atom is 0.249 e. The van der Waals surface area contributed by atoms with Crippen LogP contribution >= 0.6 is 15.9 Å². The number of anilines is 1. The van der Waals surface area contributed by atoms with Crippen molar-refractivity contribution >= 4 is 27.5 Å². The van der Waals surface area contributed by atoms with E-state index in [0.717, 1.165) is 4.47 Å². The molecule has 21 heavy (non-hydrogen) atoms. The molecule has 2 aromatic rings. The molecule has 0 radical (unpaired) electrons. The number of carbonyl (C=O) groups excluding carboxylic acids is 1. The Hall–Kier alpha value is -2.02. The van der Waals surface area contributed by atoms with Gasteiger partial charge >= 0.3 is 0 Å².